The summed E-state index contributed by atoms with van der Waals surface area (Å²) < 4.78 is 13.1. The Balaban J connectivity index is 1.28. The average molecular weight is 342 g/mol. The number of carbonyl (C=O) groups is 1. The second-order valence-electron chi connectivity index (χ2n) is 6.53. The standard InChI is InChI=1S/C18H22N4O3/c1-13(14-3-4-16-17(9-14)25-8-7-24-16)20-18(23)12-21-10-15(11-21)22-6-2-5-19-22/h2-6,9,13,15H,7-8,10-12H2,1H3,(H,20,23). The summed E-state index contributed by atoms with van der Waals surface area (Å²) in [5, 5.41) is 7.29. The molecule has 132 valence electrons. The fourth-order valence-corrected chi connectivity index (χ4v) is 3.24. The van der Waals surface area contributed by atoms with Gasteiger partial charge in [-0.25, -0.2) is 0 Å². The first kappa shape index (κ1) is 16.0. The van der Waals surface area contributed by atoms with Crippen molar-refractivity contribution >= 4 is 5.91 Å². The van der Waals surface area contributed by atoms with Crippen molar-refractivity contribution in [2.45, 2.75) is 19.0 Å². The lowest BCUT2D eigenvalue weighted by atomic mass is 10.1. The van der Waals surface area contributed by atoms with Gasteiger partial charge in [0.25, 0.3) is 0 Å². The van der Waals surface area contributed by atoms with Gasteiger partial charge in [0.15, 0.2) is 11.5 Å². The fraction of sp³-hybridized carbons (Fsp3) is 0.444. The molecule has 2 aliphatic rings. The Morgan fingerprint density at radius 3 is 2.88 bits per heavy atom. The maximum Gasteiger partial charge on any atom is 0.234 e. The van der Waals surface area contributed by atoms with Crippen LogP contribution in [-0.4, -0.2) is 53.4 Å². The second kappa shape index (κ2) is 6.76. The van der Waals surface area contributed by atoms with E-state index in [1.807, 2.05) is 42.1 Å². The minimum atomic E-state index is -0.0773. The van der Waals surface area contributed by atoms with E-state index in [1.165, 1.54) is 0 Å². The topological polar surface area (TPSA) is 68.6 Å². The molecule has 7 nitrogen and oxygen atoms in total. The smallest absolute Gasteiger partial charge is 0.234 e. The van der Waals surface area contributed by atoms with Crippen molar-refractivity contribution in [3.63, 3.8) is 0 Å². The van der Waals surface area contributed by atoms with Crippen LogP contribution in [0, 0.1) is 0 Å². The molecule has 25 heavy (non-hydrogen) atoms. The zero-order valence-electron chi connectivity index (χ0n) is 14.2. The molecule has 1 aromatic carbocycles. The third-order valence-electron chi connectivity index (χ3n) is 4.65. The minimum absolute atomic E-state index is 0.0290. The molecule has 7 heteroatoms. The molecular weight excluding hydrogens is 320 g/mol. The Hall–Kier alpha value is -2.54. The van der Waals surface area contributed by atoms with Crippen molar-refractivity contribution in [3.05, 3.63) is 42.2 Å². The number of hydrogen-bond acceptors (Lipinski definition) is 5. The van der Waals surface area contributed by atoms with Gasteiger partial charge < -0.3 is 14.8 Å². The van der Waals surface area contributed by atoms with Crippen LogP contribution in [0.25, 0.3) is 0 Å². The Kier molecular flexibility index (Phi) is 4.31. The first-order valence-electron chi connectivity index (χ1n) is 8.59. The molecule has 1 aromatic heterocycles. The van der Waals surface area contributed by atoms with E-state index >= 15 is 0 Å². The van der Waals surface area contributed by atoms with E-state index in [-0.39, 0.29) is 11.9 Å². The van der Waals surface area contributed by atoms with Gasteiger partial charge in [-0.2, -0.15) is 5.10 Å². The molecule has 0 aliphatic carbocycles. The lowest BCUT2D eigenvalue weighted by Crippen LogP contribution is -2.51. The number of rotatable bonds is 5. The summed E-state index contributed by atoms with van der Waals surface area (Å²) in [5.74, 6) is 1.54. The first-order chi connectivity index (χ1) is 12.2. The third kappa shape index (κ3) is 3.46. The predicted octanol–water partition coefficient (Wildman–Crippen LogP) is 1.39. The van der Waals surface area contributed by atoms with Crippen LogP contribution in [0.1, 0.15) is 24.6 Å². The van der Waals surface area contributed by atoms with E-state index in [4.69, 9.17) is 9.47 Å². The number of benzene rings is 1. The summed E-state index contributed by atoms with van der Waals surface area (Å²) in [4.78, 5) is 14.4. The van der Waals surface area contributed by atoms with Crippen LogP contribution in [0.15, 0.2) is 36.7 Å². The van der Waals surface area contributed by atoms with Crippen molar-refractivity contribution < 1.29 is 14.3 Å². The molecule has 1 N–H and O–H groups in total. The Labute approximate surface area is 146 Å². The molecule has 2 aliphatic heterocycles. The van der Waals surface area contributed by atoms with Crippen molar-refractivity contribution in [2.24, 2.45) is 0 Å². The monoisotopic (exact) mass is 342 g/mol. The zero-order chi connectivity index (χ0) is 17.2. The first-order valence-corrected chi connectivity index (χ1v) is 8.59. The highest BCUT2D eigenvalue weighted by molar-refractivity contribution is 5.78. The predicted molar refractivity (Wildman–Crippen MR) is 91.7 cm³/mol. The number of nitrogens with one attached hydrogen (secondary N) is 1. The van der Waals surface area contributed by atoms with Crippen molar-refractivity contribution in [3.8, 4) is 11.5 Å². The minimum Gasteiger partial charge on any atom is -0.486 e. The van der Waals surface area contributed by atoms with Crippen LogP contribution in [0.2, 0.25) is 0 Å². The molecule has 4 rings (SSSR count). The number of ether oxygens (including phenoxy) is 2. The van der Waals surface area contributed by atoms with Gasteiger partial charge >= 0.3 is 0 Å². The largest absolute Gasteiger partial charge is 0.486 e. The van der Waals surface area contributed by atoms with E-state index in [1.54, 1.807) is 6.20 Å². The number of nitrogens with zero attached hydrogens (tertiary/aromatic N) is 3. The Morgan fingerprint density at radius 2 is 2.12 bits per heavy atom. The molecule has 1 unspecified atom stereocenters. The quantitative estimate of drug-likeness (QED) is 0.889. The van der Waals surface area contributed by atoms with Crippen LogP contribution in [0.4, 0.5) is 0 Å². The fourth-order valence-electron chi connectivity index (χ4n) is 3.24. The van der Waals surface area contributed by atoms with Gasteiger partial charge in [0, 0.05) is 25.5 Å². The molecule has 3 heterocycles. The van der Waals surface area contributed by atoms with Crippen molar-refractivity contribution in [2.75, 3.05) is 32.8 Å². The van der Waals surface area contributed by atoms with E-state index in [0.29, 0.717) is 25.8 Å². The number of aromatic nitrogens is 2. The molecule has 1 atom stereocenters. The highest BCUT2D eigenvalue weighted by Gasteiger charge is 2.30. The molecular formula is C18H22N4O3. The molecule has 0 spiro atoms. The van der Waals surface area contributed by atoms with E-state index < -0.39 is 0 Å². The maximum atomic E-state index is 12.3. The summed E-state index contributed by atoms with van der Waals surface area (Å²) in [6.07, 6.45) is 3.75. The van der Waals surface area contributed by atoms with Crippen LogP contribution in [-0.2, 0) is 4.79 Å². The molecule has 1 saturated heterocycles. The lowest BCUT2D eigenvalue weighted by molar-refractivity contribution is -0.124. The number of amides is 1. The van der Waals surface area contributed by atoms with Crippen LogP contribution >= 0.6 is 0 Å². The van der Waals surface area contributed by atoms with Crippen LogP contribution < -0.4 is 14.8 Å². The van der Waals surface area contributed by atoms with E-state index in [0.717, 1.165) is 30.2 Å². The lowest BCUT2D eigenvalue weighted by Gasteiger charge is -2.38. The van der Waals surface area contributed by atoms with Gasteiger partial charge in [0.05, 0.1) is 18.6 Å². The zero-order valence-corrected chi connectivity index (χ0v) is 14.2. The molecule has 0 radical (unpaired) electrons. The summed E-state index contributed by atoms with van der Waals surface area (Å²) in [6.45, 7) is 5.23. The van der Waals surface area contributed by atoms with Crippen LogP contribution in [0.5, 0.6) is 11.5 Å². The average Bonchev–Trinajstić information content (AvgIpc) is 3.11. The molecule has 1 amide bonds. The normalized spacial score (nSPS) is 18.4. The Morgan fingerprint density at radius 1 is 1.32 bits per heavy atom. The summed E-state index contributed by atoms with van der Waals surface area (Å²) in [5.41, 5.74) is 1.01. The summed E-state index contributed by atoms with van der Waals surface area (Å²) >= 11 is 0. The summed E-state index contributed by atoms with van der Waals surface area (Å²) in [7, 11) is 0. The van der Waals surface area contributed by atoms with Crippen LogP contribution in [0.3, 0.4) is 0 Å². The van der Waals surface area contributed by atoms with Gasteiger partial charge in [-0.15, -0.1) is 0 Å². The third-order valence-corrected chi connectivity index (χ3v) is 4.65. The van der Waals surface area contributed by atoms with E-state index in [9.17, 15) is 4.79 Å². The molecule has 0 saturated carbocycles. The van der Waals surface area contributed by atoms with Crippen molar-refractivity contribution in [1.29, 1.82) is 0 Å². The van der Waals surface area contributed by atoms with Gasteiger partial charge in [-0.1, -0.05) is 6.07 Å². The number of hydrogen-bond donors (Lipinski definition) is 1. The van der Waals surface area contributed by atoms with Gasteiger partial charge in [0.1, 0.15) is 13.2 Å². The molecule has 0 bridgehead atoms. The number of fused-ring (bicyclic) bond motifs is 1. The Bertz CT molecular complexity index is 741. The second-order valence-corrected chi connectivity index (χ2v) is 6.53. The highest BCUT2D eigenvalue weighted by atomic mass is 16.6. The van der Waals surface area contributed by atoms with Gasteiger partial charge in [-0.3, -0.25) is 14.4 Å². The van der Waals surface area contributed by atoms with E-state index in [2.05, 4.69) is 15.3 Å². The number of likely N-dealkylation sites (tertiary alicyclic amines) is 1. The SMILES string of the molecule is CC(NC(=O)CN1CC(n2cccn2)C1)c1ccc2c(c1)OCCO2. The highest BCUT2D eigenvalue weighted by Crippen LogP contribution is 2.32. The van der Waals surface area contributed by atoms with Gasteiger partial charge in [-0.05, 0) is 30.7 Å². The van der Waals surface area contributed by atoms with Crippen molar-refractivity contribution in [1.82, 2.24) is 20.0 Å². The molecule has 2 aromatic rings. The maximum absolute atomic E-state index is 12.3. The van der Waals surface area contributed by atoms with Gasteiger partial charge in [0.2, 0.25) is 5.91 Å². The number of carbonyl (C=O) groups excluding carboxylic acids is 1. The molecule has 1 fully saturated rings. The summed E-state index contributed by atoms with van der Waals surface area (Å²) in [6, 6.07) is 8.03.